The van der Waals surface area contributed by atoms with E-state index in [1.165, 1.54) is 18.2 Å². The Labute approximate surface area is 189 Å². The lowest BCUT2D eigenvalue weighted by molar-refractivity contribution is -0.00627. The lowest BCUT2D eigenvalue weighted by atomic mass is 9.84. The van der Waals surface area contributed by atoms with Crippen molar-refractivity contribution in [2.24, 2.45) is 0 Å². The lowest BCUT2D eigenvalue weighted by Crippen LogP contribution is -2.26. The summed E-state index contributed by atoms with van der Waals surface area (Å²) in [7, 11) is 0. The molecule has 1 saturated heterocycles. The molecule has 2 fully saturated rings. The Morgan fingerprint density at radius 3 is 2.67 bits per heavy atom. The number of alkyl halides is 2. The van der Waals surface area contributed by atoms with Crippen molar-refractivity contribution >= 4 is 17.4 Å². The van der Waals surface area contributed by atoms with Crippen LogP contribution in [0.5, 0.6) is 5.88 Å². The average Bonchev–Trinajstić information content (AvgIpc) is 3.44. The van der Waals surface area contributed by atoms with Crippen LogP contribution in [0, 0.1) is 0 Å². The molecular formula is C23H25F2N5O3. The van der Waals surface area contributed by atoms with E-state index in [1.807, 2.05) is 20.0 Å². The molecule has 10 heteroatoms. The molecule has 174 valence electrons. The second-order valence-corrected chi connectivity index (χ2v) is 9.35. The van der Waals surface area contributed by atoms with Crippen LogP contribution in [-0.2, 0) is 10.2 Å². The van der Waals surface area contributed by atoms with Crippen molar-refractivity contribution in [1.82, 2.24) is 19.4 Å². The van der Waals surface area contributed by atoms with Crippen LogP contribution in [0.2, 0.25) is 0 Å². The number of amides is 1. The van der Waals surface area contributed by atoms with Gasteiger partial charge in [0, 0.05) is 17.8 Å². The molecule has 33 heavy (non-hydrogen) atoms. The topological polar surface area (TPSA) is 90.6 Å². The summed E-state index contributed by atoms with van der Waals surface area (Å²) in [5, 5.41) is 2.54. The van der Waals surface area contributed by atoms with Gasteiger partial charge in [0.1, 0.15) is 17.2 Å². The van der Waals surface area contributed by atoms with Crippen molar-refractivity contribution in [3.8, 4) is 5.88 Å². The van der Waals surface area contributed by atoms with Gasteiger partial charge in [-0.05, 0) is 52.2 Å². The van der Waals surface area contributed by atoms with E-state index in [0.29, 0.717) is 12.3 Å². The third-order valence-electron chi connectivity index (χ3n) is 6.31. The van der Waals surface area contributed by atoms with E-state index in [-0.39, 0.29) is 34.5 Å². The molecule has 0 spiro atoms. The summed E-state index contributed by atoms with van der Waals surface area (Å²) in [6, 6.07) is 4.06. The van der Waals surface area contributed by atoms with E-state index in [9.17, 15) is 13.6 Å². The van der Waals surface area contributed by atoms with Gasteiger partial charge in [0.15, 0.2) is 0 Å². The Bertz CT molecular complexity index is 1220. The highest BCUT2D eigenvalue weighted by atomic mass is 19.3. The second kappa shape index (κ2) is 7.72. The number of carbonyl (C=O) groups excluding carboxylic acids is 1. The van der Waals surface area contributed by atoms with Gasteiger partial charge in [-0.1, -0.05) is 6.07 Å². The van der Waals surface area contributed by atoms with E-state index in [0.717, 1.165) is 25.0 Å². The summed E-state index contributed by atoms with van der Waals surface area (Å²) in [4.78, 5) is 25.9. The van der Waals surface area contributed by atoms with Gasteiger partial charge >= 0.3 is 0 Å². The molecule has 1 amide bonds. The number of carbonyl (C=O) groups is 1. The van der Waals surface area contributed by atoms with Crippen molar-refractivity contribution in [3.05, 3.63) is 47.7 Å². The third kappa shape index (κ3) is 3.92. The van der Waals surface area contributed by atoms with Crippen LogP contribution < -0.4 is 10.1 Å². The Hall–Kier alpha value is -3.14. The maximum Gasteiger partial charge on any atom is 0.280 e. The summed E-state index contributed by atoms with van der Waals surface area (Å²) in [5.41, 5.74) is 0.781. The van der Waals surface area contributed by atoms with Crippen LogP contribution in [0.1, 0.15) is 68.3 Å². The number of ether oxygens (including phenoxy) is 2. The van der Waals surface area contributed by atoms with Crippen molar-refractivity contribution in [3.63, 3.8) is 0 Å². The number of fused-ring (bicyclic) bond motifs is 3. The number of pyridine rings is 1. The number of hydrogen-bond donors (Lipinski definition) is 1. The van der Waals surface area contributed by atoms with Gasteiger partial charge in [-0.25, -0.2) is 23.7 Å². The highest BCUT2D eigenvalue weighted by Crippen LogP contribution is 2.53. The predicted octanol–water partition coefficient (Wildman–Crippen LogP) is 4.31. The van der Waals surface area contributed by atoms with E-state index in [1.54, 1.807) is 10.6 Å². The monoisotopic (exact) mass is 457 g/mol. The molecular weight excluding hydrogens is 432 g/mol. The molecule has 5 rings (SSSR count). The molecule has 2 bridgehead atoms. The molecule has 4 heterocycles. The molecule has 2 atom stereocenters. The first kappa shape index (κ1) is 21.7. The Morgan fingerprint density at radius 1 is 1.21 bits per heavy atom. The van der Waals surface area contributed by atoms with Crippen molar-refractivity contribution in [2.75, 3.05) is 11.9 Å². The van der Waals surface area contributed by atoms with E-state index >= 15 is 0 Å². The Kier molecular flexibility index (Phi) is 5.08. The normalized spacial score (nSPS) is 24.2. The van der Waals surface area contributed by atoms with Crippen molar-refractivity contribution < 1.29 is 23.0 Å². The van der Waals surface area contributed by atoms with Crippen molar-refractivity contribution in [2.45, 2.75) is 63.6 Å². The van der Waals surface area contributed by atoms with E-state index < -0.39 is 18.0 Å². The maximum atomic E-state index is 13.0. The molecule has 1 saturated carbocycles. The van der Waals surface area contributed by atoms with Gasteiger partial charge in [0.2, 0.25) is 5.65 Å². The molecule has 3 aromatic rings. The molecule has 1 aliphatic heterocycles. The Balaban J connectivity index is 1.50. The largest absolute Gasteiger partial charge is 0.472 e. The fourth-order valence-corrected chi connectivity index (χ4v) is 4.71. The number of imidazole rings is 1. The molecule has 0 aromatic carbocycles. The van der Waals surface area contributed by atoms with Gasteiger partial charge < -0.3 is 14.8 Å². The van der Waals surface area contributed by atoms with Crippen LogP contribution in [0.15, 0.2) is 30.6 Å². The predicted molar refractivity (Wildman–Crippen MR) is 116 cm³/mol. The lowest BCUT2D eigenvalue weighted by Gasteiger charge is -2.24. The second-order valence-electron chi connectivity index (χ2n) is 9.35. The molecule has 0 unspecified atom stereocenters. The van der Waals surface area contributed by atoms with Crippen LogP contribution >= 0.6 is 0 Å². The summed E-state index contributed by atoms with van der Waals surface area (Å²) >= 11 is 0. The van der Waals surface area contributed by atoms with Gasteiger partial charge in [-0.3, -0.25) is 9.20 Å². The highest BCUT2D eigenvalue weighted by Gasteiger charge is 2.55. The fraction of sp³-hybridized carbons (Fsp3) is 0.478. The zero-order valence-corrected chi connectivity index (χ0v) is 18.6. The molecule has 8 nitrogen and oxygen atoms in total. The summed E-state index contributed by atoms with van der Waals surface area (Å²) in [5.74, 6) is -0.339. The van der Waals surface area contributed by atoms with Crippen LogP contribution in [0.3, 0.4) is 0 Å². The zero-order valence-electron chi connectivity index (χ0n) is 18.6. The number of aromatic nitrogens is 4. The fourth-order valence-electron chi connectivity index (χ4n) is 4.71. The Morgan fingerprint density at radius 2 is 2.03 bits per heavy atom. The first-order valence-electron chi connectivity index (χ1n) is 10.9. The van der Waals surface area contributed by atoms with Crippen LogP contribution in [0.25, 0.3) is 5.65 Å². The number of halogens is 2. The summed E-state index contributed by atoms with van der Waals surface area (Å²) in [6.07, 6.45) is 3.41. The number of rotatable bonds is 6. The maximum absolute atomic E-state index is 13.0. The molecule has 1 aliphatic carbocycles. The number of nitrogens with one attached hydrogen (secondary N) is 1. The number of anilines is 1. The van der Waals surface area contributed by atoms with Crippen molar-refractivity contribution in [1.29, 1.82) is 0 Å². The molecule has 1 N–H and O–H groups in total. The van der Waals surface area contributed by atoms with E-state index in [4.69, 9.17) is 14.5 Å². The quantitative estimate of drug-likeness (QED) is 0.593. The third-order valence-corrected chi connectivity index (χ3v) is 6.31. The van der Waals surface area contributed by atoms with E-state index in [2.05, 4.69) is 22.2 Å². The first-order chi connectivity index (χ1) is 15.7. The molecule has 3 aromatic heterocycles. The minimum atomic E-state index is -2.73. The number of nitrogens with zero attached hydrogens (tertiary/aromatic N) is 4. The summed E-state index contributed by atoms with van der Waals surface area (Å²) < 4.78 is 39.5. The van der Waals surface area contributed by atoms with Gasteiger partial charge in [0.25, 0.3) is 18.2 Å². The van der Waals surface area contributed by atoms with Gasteiger partial charge in [-0.15, -0.1) is 0 Å². The van der Waals surface area contributed by atoms with Crippen LogP contribution in [-0.4, -0.2) is 43.6 Å². The van der Waals surface area contributed by atoms with Crippen LogP contribution in [0.4, 0.5) is 14.6 Å². The molecule has 2 aliphatic rings. The smallest absolute Gasteiger partial charge is 0.280 e. The SMILES string of the molecule is CC(C)Oc1nc(C(=O)Nc2cccc(C(F)F)n2)cn2cc([C@]34CC[C@](C)(C3)OC4)nc12. The van der Waals surface area contributed by atoms with Gasteiger partial charge in [0.05, 0.1) is 24.0 Å². The highest BCUT2D eigenvalue weighted by molar-refractivity contribution is 6.02. The molecule has 0 radical (unpaired) electrons. The minimum absolute atomic E-state index is 0.0181. The average molecular weight is 457 g/mol. The zero-order chi connectivity index (χ0) is 23.4. The first-order valence-corrected chi connectivity index (χ1v) is 10.9. The standard InChI is InChI=1S/C23H25F2N5O3/c1-13(2)33-21-19-28-16(23-8-7-22(3,11-23)32-12-23)10-30(19)9-15(27-21)20(31)29-17-6-4-5-14(26-17)18(24)25/h4-6,9-10,13,18H,7-8,11-12H2,1-3H3,(H,26,29,31)/t22-,23-/m1/s1. The summed E-state index contributed by atoms with van der Waals surface area (Å²) in [6.45, 7) is 6.47. The minimum Gasteiger partial charge on any atom is -0.472 e. The number of hydrogen-bond acceptors (Lipinski definition) is 6. The van der Waals surface area contributed by atoms with Gasteiger partial charge in [-0.2, -0.15) is 0 Å².